The standard InChI is InChI=1S/C50H65NO9P2Si4/c1-52-50-42(51-61-56-43-33(23-17-27-38(43)63(2,3)4)34-24-18-28-39(44(34)57-61)64(5,6)7)48(47-37(54-50)31-53-49(55-47)32-21-15-14-16-22-32)60-62-58-45-35(25-19-29-40(45)65(8,9)10)36-26-20-30-41(46(36)59-62)66(11,12)13/h14-30,37,42,47-51H,31H2,1-13H3/t37-,42-,47-,48-,49?,50+/m1/s1. The Kier molecular flexibility index (Phi) is 13.1. The fraction of sp³-hybridized carbons (Fsp3) is 0.400. The minimum atomic E-state index is -2.12. The number of hydrogen-bond donors (Lipinski definition) is 1. The van der Waals surface area contributed by atoms with Crippen molar-refractivity contribution in [1.29, 1.82) is 0 Å². The first-order valence-electron chi connectivity index (χ1n) is 23.0. The number of fused-ring (bicyclic) bond motifs is 7. The van der Waals surface area contributed by atoms with Crippen molar-refractivity contribution in [3.05, 3.63) is 109 Å². The van der Waals surface area contributed by atoms with Crippen LogP contribution in [0.1, 0.15) is 11.9 Å². The Hall–Kier alpha value is -3.47. The van der Waals surface area contributed by atoms with Crippen molar-refractivity contribution in [2.45, 2.75) is 115 Å². The molecule has 5 aromatic carbocycles. The molecular formula is C50H65NO9P2Si4. The van der Waals surface area contributed by atoms with Crippen molar-refractivity contribution in [3.8, 4) is 0 Å². The van der Waals surface area contributed by atoms with Crippen LogP contribution in [0.15, 0.2) is 120 Å². The number of rotatable bonds is 10. The average molecular weight is 998 g/mol. The second kappa shape index (κ2) is 18.1. The Bertz CT molecular complexity index is 2840. The highest BCUT2D eigenvalue weighted by Gasteiger charge is 2.52. The van der Waals surface area contributed by atoms with Gasteiger partial charge in [0.05, 0.1) is 38.9 Å². The number of methoxy groups -OCH3 is 1. The average Bonchev–Trinajstić information content (AvgIpc) is 3.52. The molecule has 4 heterocycles. The van der Waals surface area contributed by atoms with Crippen LogP contribution >= 0.6 is 16.4 Å². The Morgan fingerprint density at radius 2 is 0.939 bits per heavy atom. The van der Waals surface area contributed by atoms with Gasteiger partial charge in [-0.25, -0.2) is 5.09 Å². The molecule has 0 saturated carbocycles. The molecule has 6 atom stereocenters. The molecule has 0 bridgehead atoms. The summed E-state index contributed by atoms with van der Waals surface area (Å²) in [5.74, 6) is 0. The zero-order valence-corrected chi connectivity index (χ0v) is 46.3. The summed E-state index contributed by atoms with van der Waals surface area (Å²) in [7, 11) is -10.2. The first kappa shape index (κ1) is 47.6. The van der Waals surface area contributed by atoms with E-state index in [0.29, 0.717) is 0 Å². The van der Waals surface area contributed by atoms with Crippen molar-refractivity contribution >= 4 is 113 Å². The van der Waals surface area contributed by atoms with Gasteiger partial charge in [-0.1, -0.05) is 182 Å². The van der Waals surface area contributed by atoms with Crippen LogP contribution in [0, 0.1) is 0 Å². The predicted molar refractivity (Wildman–Crippen MR) is 284 cm³/mol. The van der Waals surface area contributed by atoms with Gasteiger partial charge in [-0.2, -0.15) is 0 Å². The highest BCUT2D eigenvalue weighted by Crippen LogP contribution is 2.43. The van der Waals surface area contributed by atoms with E-state index in [4.69, 9.17) is 40.3 Å². The fourth-order valence-electron chi connectivity index (χ4n) is 9.24. The van der Waals surface area contributed by atoms with Gasteiger partial charge in [-0.15, -0.1) is 0 Å². The van der Waals surface area contributed by atoms with E-state index in [-0.39, 0.29) is 6.61 Å². The third kappa shape index (κ3) is 9.34. The molecule has 0 amide bonds. The monoisotopic (exact) mass is 997 g/mol. The summed E-state index contributed by atoms with van der Waals surface area (Å²) >= 11 is 0. The molecule has 2 saturated heterocycles. The zero-order valence-electron chi connectivity index (χ0n) is 40.6. The lowest BCUT2D eigenvalue weighted by molar-refractivity contribution is -0.331. The molecule has 1 N–H and O–H groups in total. The maximum absolute atomic E-state index is 7.49. The van der Waals surface area contributed by atoms with Gasteiger partial charge in [-0.05, 0) is 20.7 Å². The lowest BCUT2D eigenvalue weighted by atomic mass is 9.96. The third-order valence-electron chi connectivity index (χ3n) is 12.7. The largest absolute Gasteiger partial charge is 0.408 e. The predicted octanol–water partition coefficient (Wildman–Crippen LogP) is 12.0. The minimum absolute atomic E-state index is 0.253. The van der Waals surface area contributed by atoms with Crippen LogP contribution in [0.5, 0.6) is 0 Å². The number of benzene rings is 5. The summed E-state index contributed by atoms with van der Waals surface area (Å²) in [5, 5.41) is 12.8. The first-order chi connectivity index (χ1) is 31.2. The smallest absolute Gasteiger partial charge is 0.387 e. The Morgan fingerprint density at radius 3 is 1.35 bits per heavy atom. The molecule has 2 fully saturated rings. The van der Waals surface area contributed by atoms with E-state index in [2.05, 4.69) is 156 Å². The van der Waals surface area contributed by atoms with Crippen LogP contribution in [-0.4, -0.2) is 76.7 Å². The van der Waals surface area contributed by atoms with E-state index in [9.17, 15) is 0 Å². The Labute approximate surface area is 394 Å². The van der Waals surface area contributed by atoms with Gasteiger partial charge in [0.25, 0.3) is 0 Å². The lowest BCUT2D eigenvalue weighted by Crippen LogP contribution is -2.65. The van der Waals surface area contributed by atoms with E-state index in [1.54, 1.807) is 7.11 Å². The molecule has 2 aliphatic heterocycles. The first-order valence-corrected chi connectivity index (χ1v) is 39.3. The normalized spacial score (nSPS) is 22.0. The summed E-state index contributed by atoms with van der Waals surface area (Å²) in [5.41, 5.74) is 4.21. The summed E-state index contributed by atoms with van der Waals surface area (Å²) in [6.07, 6.45) is -3.46. The van der Waals surface area contributed by atoms with Crippen LogP contribution in [0.3, 0.4) is 0 Å². The molecule has 2 aromatic heterocycles. The Balaban J connectivity index is 1.30. The second-order valence-corrected chi connectivity index (χ2v) is 44.1. The van der Waals surface area contributed by atoms with Crippen LogP contribution < -0.4 is 30.4 Å². The molecule has 7 aromatic rings. The van der Waals surface area contributed by atoms with Crippen molar-refractivity contribution in [1.82, 2.24) is 0 Å². The molecule has 16 heteroatoms. The van der Waals surface area contributed by atoms with E-state index < -0.39 is 85.6 Å². The van der Waals surface area contributed by atoms with Gasteiger partial charge in [0.1, 0.15) is 46.7 Å². The summed E-state index contributed by atoms with van der Waals surface area (Å²) in [6, 6.07) is 35.4. The highest BCUT2D eigenvalue weighted by atomic mass is 31.1. The molecule has 9 rings (SSSR count). The molecule has 66 heavy (non-hydrogen) atoms. The SMILES string of the molecule is CO[C@H]1O[C@@H]2COC(c3ccccc3)O[C@H]2[C@H](Op2oc3c([Si](C)(C)C)cccc3c3cccc([Si](C)(C)C)c3o2)[C@H]1Np1oc2c([Si](C)(C)C)cccc2c2cccc([Si](C)(C)C)c2o1. The highest BCUT2D eigenvalue weighted by molar-refractivity contribution is 7.38. The van der Waals surface area contributed by atoms with Crippen LogP contribution in [0.25, 0.3) is 43.9 Å². The van der Waals surface area contributed by atoms with Gasteiger partial charge >= 0.3 is 16.4 Å². The number of nitrogens with one attached hydrogen (secondary N) is 1. The third-order valence-corrected chi connectivity index (χ3v) is 23.0. The van der Waals surface area contributed by atoms with Crippen molar-refractivity contribution in [3.63, 3.8) is 0 Å². The molecular weight excluding hydrogens is 933 g/mol. The number of hydrogen-bond acceptors (Lipinski definition) is 10. The maximum atomic E-state index is 7.49. The quantitative estimate of drug-likeness (QED) is 0.133. The fourth-order valence-corrected chi connectivity index (χ4v) is 18.1. The van der Waals surface area contributed by atoms with Crippen molar-refractivity contribution in [2.24, 2.45) is 0 Å². The zero-order chi connectivity index (χ0) is 46.9. The van der Waals surface area contributed by atoms with E-state index in [1.807, 2.05) is 30.3 Å². The van der Waals surface area contributed by atoms with Gasteiger partial charge in [0, 0.05) is 34.2 Å². The van der Waals surface area contributed by atoms with E-state index in [1.165, 1.54) is 20.7 Å². The molecule has 0 radical (unpaired) electrons. The van der Waals surface area contributed by atoms with Gasteiger partial charge in [0.2, 0.25) is 0 Å². The summed E-state index contributed by atoms with van der Waals surface area (Å²) in [6.45, 7) is 28.4. The Morgan fingerprint density at radius 1 is 0.515 bits per heavy atom. The van der Waals surface area contributed by atoms with Gasteiger partial charge in [0.15, 0.2) is 12.6 Å². The molecule has 0 spiro atoms. The second-order valence-electron chi connectivity index (χ2n) is 21.8. The van der Waals surface area contributed by atoms with Gasteiger partial charge in [-0.3, -0.25) is 4.52 Å². The maximum Gasteiger partial charge on any atom is 0.387 e. The topological polar surface area (TPSA) is 111 Å². The number of para-hydroxylation sites is 4. The van der Waals surface area contributed by atoms with Crippen molar-refractivity contribution in [2.75, 3.05) is 18.8 Å². The summed E-state index contributed by atoms with van der Waals surface area (Å²) < 4.78 is 62.9. The summed E-state index contributed by atoms with van der Waals surface area (Å²) in [4.78, 5) is 0. The van der Waals surface area contributed by atoms with Crippen molar-refractivity contribution < 1.29 is 40.3 Å². The molecule has 1 unspecified atom stereocenters. The molecule has 2 aliphatic rings. The van der Waals surface area contributed by atoms with E-state index in [0.717, 1.165) is 49.4 Å². The minimum Gasteiger partial charge on any atom is -0.408 e. The lowest BCUT2D eigenvalue weighted by Gasteiger charge is -2.48. The van der Waals surface area contributed by atoms with Crippen LogP contribution in [0.2, 0.25) is 78.6 Å². The van der Waals surface area contributed by atoms with Gasteiger partial charge < -0.3 is 35.7 Å². The van der Waals surface area contributed by atoms with E-state index >= 15 is 0 Å². The molecule has 10 nitrogen and oxygen atoms in total. The van der Waals surface area contributed by atoms with Crippen LogP contribution in [0.4, 0.5) is 0 Å². The van der Waals surface area contributed by atoms with Crippen LogP contribution in [-0.2, 0) is 18.9 Å². The molecule has 350 valence electrons. The number of ether oxygens (including phenoxy) is 4. The molecule has 0 aliphatic carbocycles.